The van der Waals surface area contributed by atoms with Crippen molar-refractivity contribution in [3.8, 4) is 0 Å². The Morgan fingerprint density at radius 2 is 1.61 bits per heavy atom. The van der Waals surface area contributed by atoms with Gasteiger partial charge in [-0.25, -0.2) is 4.79 Å². The highest BCUT2D eigenvalue weighted by atomic mass is 28.3. The summed E-state index contributed by atoms with van der Waals surface area (Å²) in [6.07, 6.45) is 0. The molecular weight excluding hydrogens is 307 g/mol. The van der Waals surface area contributed by atoms with Crippen LogP contribution in [-0.4, -0.2) is 39.5 Å². The average Bonchev–Trinajstić information content (AvgIpc) is 2.64. The molecule has 0 aliphatic carbocycles. The zero-order chi connectivity index (χ0) is 17.6. The normalized spacial score (nSPS) is 19.7. The summed E-state index contributed by atoms with van der Waals surface area (Å²) in [5.41, 5.74) is 0.470. The van der Waals surface area contributed by atoms with Gasteiger partial charge in [0, 0.05) is 0 Å². The number of hydrogen-bond donors (Lipinski definition) is 0. The lowest BCUT2D eigenvalue weighted by Gasteiger charge is -2.32. The van der Waals surface area contributed by atoms with Gasteiger partial charge in [0.05, 0.1) is 31.9 Å². The third-order valence-electron chi connectivity index (χ3n) is 4.81. The Morgan fingerprint density at radius 1 is 1.09 bits per heavy atom. The molecule has 1 heterocycles. The molecule has 1 aliphatic heterocycles. The molecule has 1 aromatic rings. The third-order valence-corrected chi connectivity index (χ3v) is 6.86. The molecule has 0 saturated carbocycles. The van der Waals surface area contributed by atoms with Crippen molar-refractivity contribution in [2.24, 2.45) is 0 Å². The van der Waals surface area contributed by atoms with Gasteiger partial charge in [0.1, 0.15) is 0 Å². The van der Waals surface area contributed by atoms with Crippen LogP contribution < -0.4 is 10.6 Å². The van der Waals surface area contributed by atoms with E-state index in [9.17, 15) is 4.79 Å². The molecule has 0 unspecified atom stereocenters. The van der Waals surface area contributed by atoms with Gasteiger partial charge in [-0.05, 0) is 39.2 Å². The maximum absolute atomic E-state index is 12.3. The van der Waals surface area contributed by atoms with Crippen molar-refractivity contribution in [1.29, 1.82) is 0 Å². The smallest absolute Gasteiger partial charge is 0.465 e. The number of carbonyl (C=O) groups excluding carboxylic acids is 1. The van der Waals surface area contributed by atoms with E-state index >= 15 is 0 Å². The highest BCUT2D eigenvalue weighted by molar-refractivity contribution is 6.92. The van der Waals surface area contributed by atoms with Crippen molar-refractivity contribution >= 4 is 31.8 Å². The summed E-state index contributed by atoms with van der Waals surface area (Å²) in [7, 11) is -0.854. The van der Waals surface area contributed by atoms with Crippen LogP contribution >= 0.6 is 0 Å². The van der Waals surface area contributed by atoms with Crippen LogP contribution in [0.4, 0.5) is 0 Å². The molecule has 1 aromatic carbocycles. The monoisotopic (exact) mass is 334 g/mol. The lowest BCUT2D eigenvalue weighted by atomic mass is 9.75. The van der Waals surface area contributed by atoms with E-state index in [0.29, 0.717) is 5.56 Å². The minimum absolute atomic E-state index is 0.352. The van der Waals surface area contributed by atoms with Gasteiger partial charge in [0.2, 0.25) is 0 Å². The van der Waals surface area contributed by atoms with Crippen LogP contribution in [0.1, 0.15) is 38.1 Å². The first-order valence-corrected chi connectivity index (χ1v) is 11.5. The average molecular weight is 334 g/mol. The Balaban J connectivity index is 2.63. The molecule has 0 radical (unpaired) electrons. The first-order chi connectivity index (χ1) is 10.4. The summed E-state index contributed by atoms with van der Waals surface area (Å²) in [5.74, 6) is -0.352. The number of esters is 1. The van der Waals surface area contributed by atoms with Gasteiger partial charge in [0.25, 0.3) is 0 Å². The van der Waals surface area contributed by atoms with E-state index in [-0.39, 0.29) is 5.97 Å². The highest BCUT2D eigenvalue weighted by Gasteiger charge is 2.53. The number of hydrogen-bond acceptors (Lipinski definition) is 4. The van der Waals surface area contributed by atoms with Crippen LogP contribution in [0, 0.1) is 0 Å². The SMILES string of the molecule is COC(=O)c1cccc([Si](C)(C)C)c1B1OC(C)(C)C(C)(C)O1. The molecular formula is C17H27BO4Si. The predicted octanol–water partition coefficient (Wildman–Crippen LogP) is 2.32. The maximum atomic E-state index is 12.3. The molecule has 0 atom stereocenters. The lowest BCUT2D eigenvalue weighted by molar-refractivity contribution is 0.00578. The molecule has 6 heteroatoms. The first-order valence-electron chi connectivity index (χ1n) is 7.98. The second-order valence-electron chi connectivity index (χ2n) is 8.10. The van der Waals surface area contributed by atoms with Gasteiger partial charge in [-0.3, -0.25) is 0 Å². The highest BCUT2D eigenvalue weighted by Crippen LogP contribution is 2.36. The summed E-state index contributed by atoms with van der Waals surface area (Å²) in [5, 5.41) is 1.17. The predicted molar refractivity (Wildman–Crippen MR) is 96.5 cm³/mol. The van der Waals surface area contributed by atoms with Gasteiger partial charge < -0.3 is 14.0 Å². The number of methoxy groups -OCH3 is 1. The number of carbonyl (C=O) groups is 1. The summed E-state index contributed by atoms with van der Waals surface area (Å²) >= 11 is 0. The summed E-state index contributed by atoms with van der Waals surface area (Å²) < 4.78 is 17.4. The fourth-order valence-corrected chi connectivity index (χ4v) is 4.38. The van der Waals surface area contributed by atoms with E-state index in [0.717, 1.165) is 5.46 Å². The molecule has 2 rings (SSSR count). The molecule has 0 amide bonds. The number of benzene rings is 1. The van der Waals surface area contributed by atoms with Crippen LogP contribution in [0.5, 0.6) is 0 Å². The summed E-state index contributed by atoms with van der Waals surface area (Å²) in [4.78, 5) is 12.3. The van der Waals surface area contributed by atoms with Crippen molar-refractivity contribution < 1.29 is 18.8 Å². The minimum Gasteiger partial charge on any atom is -0.465 e. The number of rotatable bonds is 3. The molecule has 126 valence electrons. The summed E-state index contributed by atoms with van der Waals surface area (Å²) in [6.45, 7) is 14.8. The van der Waals surface area contributed by atoms with Crippen molar-refractivity contribution in [1.82, 2.24) is 0 Å². The van der Waals surface area contributed by atoms with E-state index in [1.807, 2.05) is 33.8 Å². The second kappa shape index (κ2) is 5.76. The van der Waals surface area contributed by atoms with Crippen LogP contribution in [0.15, 0.2) is 18.2 Å². The van der Waals surface area contributed by atoms with E-state index in [1.165, 1.54) is 12.3 Å². The second-order valence-corrected chi connectivity index (χ2v) is 13.1. The van der Waals surface area contributed by atoms with Crippen LogP contribution in [-0.2, 0) is 14.0 Å². The fourth-order valence-electron chi connectivity index (χ4n) is 2.72. The van der Waals surface area contributed by atoms with Crippen LogP contribution in [0.25, 0.3) is 0 Å². The molecule has 0 spiro atoms. The van der Waals surface area contributed by atoms with Crippen LogP contribution in [0.3, 0.4) is 0 Å². The van der Waals surface area contributed by atoms with Gasteiger partial charge in [-0.15, -0.1) is 0 Å². The molecule has 1 aliphatic rings. The molecule has 4 nitrogen and oxygen atoms in total. The largest absolute Gasteiger partial charge is 0.495 e. The fraction of sp³-hybridized carbons (Fsp3) is 0.588. The molecule has 1 fully saturated rings. The zero-order valence-corrected chi connectivity index (χ0v) is 16.4. The van der Waals surface area contributed by atoms with Crippen molar-refractivity contribution in [3.05, 3.63) is 23.8 Å². The topological polar surface area (TPSA) is 44.8 Å². The summed E-state index contributed by atoms with van der Waals surface area (Å²) in [6, 6.07) is 5.78. The standard InChI is InChI=1S/C17H27BO4Si/c1-16(2)17(3,4)22-18(21-16)14-12(15(19)20-5)10-9-11-13(14)23(6,7)8/h9-11H,1-8H3. The van der Waals surface area contributed by atoms with E-state index in [2.05, 4.69) is 25.7 Å². The molecule has 0 aromatic heterocycles. The number of ether oxygens (including phenoxy) is 1. The molecule has 1 saturated heterocycles. The quantitative estimate of drug-likeness (QED) is 0.629. The molecule has 0 N–H and O–H groups in total. The van der Waals surface area contributed by atoms with Gasteiger partial charge in [0.15, 0.2) is 0 Å². The van der Waals surface area contributed by atoms with Crippen LogP contribution in [0.2, 0.25) is 19.6 Å². The van der Waals surface area contributed by atoms with E-state index < -0.39 is 26.4 Å². The van der Waals surface area contributed by atoms with Crippen molar-refractivity contribution in [2.75, 3.05) is 7.11 Å². The van der Waals surface area contributed by atoms with Gasteiger partial charge in [-0.1, -0.05) is 37.0 Å². The van der Waals surface area contributed by atoms with Crippen molar-refractivity contribution in [2.45, 2.75) is 58.5 Å². The third kappa shape index (κ3) is 3.25. The maximum Gasteiger partial charge on any atom is 0.495 e. The van der Waals surface area contributed by atoms with Gasteiger partial charge in [-0.2, -0.15) is 0 Å². The Kier molecular flexibility index (Phi) is 4.56. The first kappa shape index (κ1) is 18.2. The van der Waals surface area contributed by atoms with Crippen molar-refractivity contribution in [3.63, 3.8) is 0 Å². The lowest BCUT2D eigenvalue weighted by Crippen LogP contribution is -2.56. The molecule has 0 bridgehead atoms. The van der Waals surface area contributed by atoms with Gasteiger partial charge >= 0.3 is 13.1 Å². The Bertz CT molecular complexity index is 604. The van der Waals surface area contributed by atoms with E-state index in [1.54, 1.807) is 6.07 Å². The Morgan fingerprint density at radius 3 is 2.04 bits per heavy atom. The Hall–Kier alpha value is -1.11. The minimum atomic E-state index is -1.70. The zero-order valence-electron chi connectivity index (χ0n) is 15.4. The molecule has 23 heavy (non-hydrogen) atoms. The van der Waals surface area contributed by atoms with E-state index in [4.69, 9.17) is 14.0 Å². The Labute approximate surface area is 140 Å².